The molecule has 7 nitrogen and oxygen atoms in total. The van der Waals surface area contributed by atoms with Crippen LogP contribution in [0.5, 0.6) is 0 Å². The summed E-state index contributed by atoms with van der Waals surface area (Å²) in [7, 11) is -3.21. The topological polar surface area (TPSA) is 90.6 Å². The summed E-state index contributed by atoms with van der Waals surface area (Å²) in [6, 6.07) is 7.70. The highest BCUT2D eigenvalue weighted by atomic mass is 32.2. The number of nitrogens with zero attached hydrogens (tertiary/aromatic N) is 2. The van der Waals surface area contributed by atoms with E-state index < -0.39 is 10.0 Å². The van der Waals surface area contributed by atoms with E-state index in [0.29, 0.717) is 38.2 Å². The fraction of sp³-hybridized carbons (Fsp3) is 0.444. The Morgan fingerprint density at radius 3 is 2.50 bits per heavy atom. The van der Waals surface area contributed by atoms with Gasteiger partial charge in [0.1, 0.15) is 0 Å². The van der Waals surface area contributed by atoms with Crippen molar-refractivity contribution in [3.63, 3.8) is 0 Å². The predicted molar refractivity (Wildman–Crippen MR) is 101 cm³/mol. The summed E-state index contributed by atoms with van der Waals surface area (Å²) in [6.45, 7) is 3.38. The van der Waals surface area contributed by atoms with Gasteiger partial charge in [0.05, 0.1) is 6.26 Å². The summed E-state index contributed by atoms with van der Waals surface area (Å²) in [5.74, 6) is -0.0541. The second-order valence-electron chi connectivity index (χ2n) is 6.76. The summed E-state index contributed by atoms with van der Waals surface area (Å²) < 4.78 is 24.4. The van der Waals surface area contributed by atoms with Crippen molar-refractivity contribution in [2.24, 2.45) is 0 Å². The lowest BCUT2D eigenvalue weighted by atomic mass is 10.1. The van der Waals surface area contributed by atoms with Crippen molar-refractivity contribution >= 4 is 26.8 Å². The number of sulfonamides is 1. The molecule has 0 unspecified atom stereocenters. The fourth-order valence-corrected chi connectivity index (χ4v) is 4.04. The normalized spacial score (nSPS) is 16.2. The Hall–Kier alpha value is -2.19. The maximum atomic E-state index is 12.4. The number of pyridine rings is 1. The molecule has 3 rings (SSSR count). The van der Waals surface area contributed by atoms with Crippen molar-refractivity contribution in [1.82, 2.24) is 14.2 Å². The van der Waals surface area contributed by atoms with E-state index in [4.69, 9.17) is 0 Å². The standard InChI is InChI=1S/C18H23N3O4S/c1-13-3-4-14-12-15(18(23)19-16(14)11-13)5-6-17(22)20-7-9-21(10-8-20)26(2,24)25/h3-4,11-12H,5-10H2,1-2H3,(H,19,23). The van der Waals surface area contributed by atoms with Gasteiger partial charge in [-0.05, 0) is 36.4 Å². The molecule has 1 aromatic heterocycles. The molecule has 1 amide bonds. The van der Waals surface area contributed by atoms with Gasteiger partial charge in [-0.1, -0.05) is 12.1 Å². The number of fused-ring (bicyclic) bond motifs is 1. The first-order valence-electron chi connectivity index (χ1n) is 8.59. The zero-order valence-electron chi connectivity index (χ0n) is 15.0. The number of aromatic nitrogens is 1. The number of rotatable bonds is 4. The van der Waals surface area contributed by atoms with E-state index in [0.717, 1.165) is 16.5 Å². The van der Waals surface area contributed by atoms with E-state index in [9.17, 15) is 18.0 Å². The minimum atomic E-state index is -3.21. The van der Waals surface area contributed by atoms with Gasteiger partial charge < -0.3 is 9.88 Å². The number of amides is 1. The van der Waals surface area contributed by atoms with Crippen LogP contribution in [0.1, 0.15) is 17.5 Å². The maximum Gasteiger partial charge on any atom is 0.251 e. The Kier molecular flexibility index (Phi) is 5.15. The average molecular weight is 377 g/mol. The molecule has 140 valence electrons. The molecular weight excluding hydrogens is 354 g/mol. The highest BCUT2D eigenvalue weighted by Crippen LogP contribution is 2.14. The van der Waals surface area contributed by atoms with Gasteiger partial charge >= 0.3 is 0 Å². The molecular formula is C18H23N3O4S. The molecule has 0 bridgehead atoms. The van der Waals surface area contributed by atoms with Gasteiger partial charge in [-0.2, -0.15) is 4.31 Å². The average Bonchev–Trinajstić information content (AvgIpc) is 2.59. The molecule has 0 saturated carbocycles. The third-order valence-electron chi connectivity index (χ3n) is 4.75. The lowest BCUT2D eigenvalue weighted by Gasteiger charge is -2.33. The summed E-state index contributed by atoms with van der Waals surface area (Å²) in [5, 5.41) is 0.944. The molecule has 1 N–H and O–H groups in total. The predicted octanol–water partition coefficient (Wildman–Crippen LogP) is 0.873. The number of benzene rings is 1. The Morgan fingerprint density at radius 1 is 1.15 bits per heavy atom. The van der Waals surface area contributed by atoms with Crippen molar-refractivity contribution in [1.29, 1.82) is 0 Å². The van der Waals surface area contributed by atoms with E-state index >= 15 is 0 Å². The number of hydrogen-bond acceptors (Lipinski definition) is 4. The molecule has 26 heavy (non-hydrogen) atoms. The quantitative estimate of drug-likeness (QED) is 0.856. The van der Waals surface area contributed by atoms with Crippen molar-refractivity contribution in [2.75, 3.05) is 32.4 Å². The molecule has 1 aliphatic heterocycles. The molecule has 1 aliphatic rings. The van der Waals surface area contributed by atoms with E-state index in [1.54, 1.807) is 4.90 Å². The van der Waals surface area contributed by atoms with Gasteiger partial charge in [-0.25, -0.2) is 8.42 Å². The lowest BCUT2D eigenvalue weighted by molar-refractivity contribution is -0.132. The van der Waals surface area contributed by atoms with Crippen LogP contribution in [0.3, 0.4) is 0 Å². The third-order valence-corrected chi connectivity index (χ3v) is 6.05. The SMILES string of the molecule is Cc1ccc2cc(CCC(=O)N3CCN(S(C)(=O)=O)CC3)c(=O)[nH]c2c1. The second-order valence-corrected chi connectivity index (χ2v) is 8.74. The van der Waals surface area contributed by atoms with Crippen LogP contribution in [-0.2, 0) is 21.2 Å². The van der Waals surface area contributed by atoms with Gasteiger partial charge in [0.2, 0.25) is 15.9 Å². The number of H-pyrrole nitrogens is 1. The first-order chi connectivity index (χ1) is 12.2. The van der Waals surface area contributed by atoms with Crippen molar-refractivity contribution in [3.05, 3.63) is 45.7 Å². The van der Waals surface area contributed by atoms with Gasteiger partial charge in [0, 0.05) is 43.7 Å². The van der Waals surface area contributed by atoms with Gasteiger partial charge in [0.15, 0.2) is 0 Å². The van der Waals surface area contributed by atoms with Crippen LogP contribution in [0.15, 0.2) is 29.1 Å². The molecule has 0 atom stereocenters. The highest BCUT2D eigenvalue weighted by molar-refractivity contribution is 7.88. The Balaban J connectivity index is 1.63. The first kappa shape index (κ1) is 18.6. The van der Waals surface area contributed by atoms with Gasteiger partial charge in [0.25, 0.3) is 5.56 Å². The zero-order valence-corrected chi connectivity index (χ0v) is 15.8. The van der Waals surface area contributed by atoms with Crippen LogP contribution in [0.25, 0.3) is 10.9 Å². The molecule has 8 heteroatoms. The smallest absolute Gasteiger partial charge is 0.251 e. The van der Waals surface area contributed by atoms with E-state index in [1.807, 2.05) is 31.2 Å². The molecule has 2 aromatic rings. The summed E-state index contributed by atoms with van der Waals surface area (Å²) >= 11 is 0. The first-order valence-corrected chi connectivity index (χ1v) is 10.4. The van der Waals surface area contributed by atoms with Crippen LogP contribution in [-0.4, -0.2) is 60.9 Å². The highest BCUT2D eigenvalue weighted by Gasteiger charge is 2.25. The van der Waals surface area contributed by atoms with Crippen LogP contribution in [0.4, 0.5) is 0 Å². The van der Waals surface area contributed by atoms with Crippen LogP contribution >= 0.6 is 0 Å². The number of aromatic amines is 1. The molecule has 1 fully saturated rings. The van der Waals surface area contributed by atoms with Crippen LogP contribution < -0.4 is 5.56 Å². The second kappa shape index (κ2) is 7.20. The Morgan fingerprint density at radius 2 is 1.85 bits per heavy atom. The molecule has 1 saturated heterocycles. The molecule has 0 aliphatic carbocycles. The minimum Gasteiger partial charge on any atom is -0.340 e. The van der Waals surface area contributed by atoms with Gasteiger partial charge in [-0.15, -0.1) is 0 Å². The number of piperazine rings is 1. The number of nitrogens with one attached hydrogen (secondary N) is 1. The summed E-state index contributed by atoms with van der Waals surface area (Å²) in [5.41, 5.74) is 2.29. The zero-order chi connectivity index (χ0) is 18.9. The maximum absolute atomic E-state index is 12.4. The summed E-state index contributed by atoms with van der Waals surface area (Å²) in [4.78, 5) is 29.2. The number of carbonyl (C=O) groups is 1. The van der Waals surface area contributed by atoms with Crippen molar-refractivity contribution in [2.45, 2.75) is 19.8 Å². The lowest BCUT2D eigenvalue weighted by Crippen LogP contribution is -2.50. The monoisotopic (exact) mass is 377 g/mol. The van der Waals surface area contributed by atoms with E-state index in [1.165, 1.54) is 10.6 Å². The minimum absolute atomic E-state index is 0.0541. The molecule has 2 heterocycles. The Bertz CT molecular complexity index is 989. The number of aryl methyl sites for hydroxylation is 2. The largest absolute Gasteiger partial charge is 0.340 e. The van der Waals surface area contributed by atoms with Crippen molar-refractivity contribution in [3.8, 4) is 0 Å². The Labute approximate surface area is 152 Å². The summed E-state index contributed by atoms with van der Waals surface area (Å²) in [6.07, 6.45) is 1.78. The van der Waals surface area contributed by atoms with Crippen LogP contribution in [0, 0.1) is 6.92 Å². The third kappa shape index (κ3) is 4.13. The van der Waals surface area contributed by atoms with Crippen LogP contribution in [0.2, 0.25) is 0 Å². The molecule has 1 aromatic carbocycles. The van der Waals surface area contributed by atoms with Crippen molar-refractivity contribution < 1.29 is 13.2 Å². The van der Waals surface area contributed by atoms with E-state index in [2.05, 4.69) is 4.98 Å². The fourth-order valence-electron chi connectivity index (χ4n) is 3.21. The molecule has 0 spiro atoms. The van der Waals surface area contributed by atoms with Gasteiger partial charge in [-0.3, -0.25) is 9.59 Å². The molecule has 0 radical (unpaired) electrons. The number of hydrogen-bond donors (Lipinski definition) is 1. The van der Waals surface area contributed by atoms with E-state index in [-0.39, 0.29) is 17.9 Å². The number of carbonyl (C=O) groups excluding carboxylic acids is 1.